The summed E-state index contributed by atoms with van der Waals surface area (Å²) in [6, 6.07) is 10.1. The van der Waals surface area contributed by atoms with E-state index in [1.165, 1.54) is 0 Å². The van der Waals surface area contributed by atoms with E-state index in [2.05, 4.69) is 4.90 Å². The Labute approximate surface area is 113 Å². The van der Waals surface area contributed by atoms with Crippen molar-refractivity contribution in [2.24, 2.45) is 0 Å². The molecule has 1 aliphatic rings. The van der Waals surface area contributed by atoms with Crippen LogP contribution >= 0.6 is 11.8 Å². The number of ether oxygens (including phenoxy) is 1. The van der Waals surface area contributed by atoms with E-state index in [1.807, 2.05) is 30.3 Å². The quantitative estimate of drug-likeness (QED) is 0.737. The molecule has 0 saturated carbocycles. The smallest absolute Gasteiger partial charge is 0.144 e. The zero-order chi connectivity index (χ0) is 12.6. The minimum atomic E-state index is 0.329. The lowest BCUT2D eigenvalue weighted by atomic mass is 10.3. The molecular formula is C14H19NO2S. The summed E-state index contributed by atoms with van der Waals surface area (Å²) in [5.41, 5.74) is 0. The van der Waals surface area contributed by atoms with Crippen LogP contribution in [0.25, 0.3) is 0 Å². The molecule has 0 N–H and O–H groups in total. The van der Waals surface area contributed by atoms with E-state index in [0.29, 0.717) is 18.0 Å². The predicted molar refractivity (Wildman–Crippen MR) is 74.0 cm³/mol. The number of nitrogens with zero attached hydrogens (tertiary/aromatic N) is 1. The Kier molecular flexibility index (Phi) is 5.71. The highest BCUT2D eigenvalue weighted by molar-refractivity contribution is 8.00. The van der Waals surface area contributed by atoms with Crippen molar-refractivity contribution in [1.29, 1.82) is 0 Å². The van der Waals surface area contributed by atoms with Crippen LogP contribution < -0.4 is 0 Å². The molecule has 1 aliphatic heterocycles. The van der Waals surface area contributed by atoms with Gasteiger partial charge in [-0.15, -0.1) is 11.8 Å². The summed E-state index contributed by atoms with van der Waals surface area (Å²) in [5.74, 6) is 0.907. The third-order valence-electron chi connectivity index (χ3n) is 2.95. The Morgan fingerprint density at radius 2 is 1.94 bits per heavy atom. The van der Waals surface area contributed by atoms with E-state index in [1.54, 1.807) is 11.8 Å². The lowest BCUT2D eigenvalue weighted by Crippen LogP contribution is -2.37. The average molecular weight is 265 g/mol. The Bertz CT molecular complexity index is 363. The number of rotatable bonds is 6. The van der Waals surface area contributed by atoms with Crippen LogP contribution in [-0.4, -0.2) is 49.3 Å². The first-order chi connectivity index (χ1) is 8.84. The minimum absolute atomic E-state index is 0.329. The van der Waals surface area contributed by atoms with E-state index in [9.17, 15) is 4.79 Å². The van der Waals surface area contributed by atoms with E-state index in [0.717, 1.165) is 37.7 Å². The summed E-state index contributed by atoms with van der Waals surface area (Å²) in [7, 11) is 0. The first-order valence-corrected chi connectivity index (χ1v) is 7.33. The summed E-state index contributed by atoms with van der Waals surface area (Å²) in [6.45, 7) is 4.38. The van der Waals surface area contributed by atoms with Crippen LogP contribution in [0.15, 0.2) is 35.2 Å². The van der Waals surface area contributed by atoms with Crippen LogP contribution in [0.3, 0.4) is 0 Å². The number of hydrogen-bond donors (Lipinski definition) is 0. The summed E-state index contributed by atoms with van der Waals surface area (Å²) in [5, 5.41) is 0. The number of carbonyl (C=O) groups is 1. The average Bonchev–Trinajstić information content (AvgIpc) is 2.45. The van der Waals surface area contributed by atoms with Crippen LogP contribution in [0.1, 0.15) is 6.42 Å². The zero-order valence-electron chi connectivity index (χ0n) is 10.5. The van der Waals surface area contributed by atoms with Crippen molar-refractivity contribution in [3.63, 3.8) is 0 Å². The molecule has 0 aromatic heterocycles. The molecule has 1 heterocycles. The van der Waals surface area contributed by atoms with Crippen molar-refractivity contribution in [1.82, 2.24) is 4.90 Å². The molecule has 0 radical (unpaired) electrons. The fourth-order valence-corrected chi connectivity index (χ4v) is 2.68. The third-order valence-corrected chi connectivity index (χ3v) is 4.03. The van der Waals surface area contributed by atoms with Gasteiger partial charge in [0.1, 0.15) is 5.78 Å². The van der Waals surface area contributed by atoms with E-state index < -0.39 is 0 Å². The molecule has 1 saturated heterocycles. The van der Waals surface area contributed by atoms with Crippen molar-refractivity contribution < 1.29 is 9.53 Å². The summed E-state index contributed by atoms with van der Waals surface area (Å²) >= 11 is 1.62. The maximum absolute atomic E-state index is 11.8. The van der Waals surface area contributed by atoms with Crippen molar-refractivity contribution in [2.45, 2.75) is 11.3 Å². The zero-order valence-corrected chi connectivity index (χ0v) is 11.3. The summed E-state index contributed by atoms with van der Waals surface area (Å²) in [4.78, 5) is 15.2. The second kappa shape index (κ2) is 7.56. The highest BCUT2D eigenvalue weighted by atomic mass is 32.2. The SMILES string of the molecule is O=C(CCN1CCOCC1)CSc1ccccc1. The van der Waals surface area contributed by atoms with Crippen molar-refractivity contribution >= 4 is 17.5 Å². The van der Waals surface area contributed by atoms with Gasteiger partial charge in [0.25, 0.3) is 0 Å². The monoisotopic (exact) mass is 265 g/mol. The van der Waals surface area contributed by atoms with Crippen LogP contribution in [0, 0.1) is 0 Å². The lowest BCUT2D eigenvalue weighted by molar-refractivity contribution is -0.117. The molecule has 4 heteroatoms. The molecule has 0 atom stereocenters. The first kappa shape index (κ1) is 13.6. The van der Waals surface area contributed by atoms with Gasteiger partial charge in [-0.2, -0.15) is 0 Å². The van der Waals surface area contributed by atoms with Crippen LogP contribution in [0.4, 0.5) is 0 Å². The normalized spacial score (nSPS) is 16.7. The Morgan fingerprint density at radius 3 is 2.67 bits per heavy atom. The molecule has 18 heavy (non-hydrogen) atoms. The van der Waals surface area contributed by atoms with Crippen molar-refractivity contribution in [2.75, 3.05) is 38.6 Å². The molecule has 0 spiro atoms. The van der Waals surface area contributed by atoms with Gasteiger partial charge in [0.2, 0.25) is 0 Å². The molecule has 0 bridgehead atoms. The Morgan fingerprint density at radius 1 is 1.22 bits per heavy atom. The molecule has 0 unspecified atom stereocenters. The molecule has 98 valence electrons. The van der Waals surface area contributed by atoms with Gasteiger partial charge >= 0.3 is 0 Å². The van der Waals surface area contributed by atoms with Crippen molar-refractivity contribution in [3.8, 4) is 0 Å². The number of morpholine rings is 1. The lowest BCUT2D eigenvalue weighted by Gasteiger charge is -2.26. The van der Waals surface area contributed by atoms with Gasteiger partial charge in [-0.25, -0.2) is 0 Å². The topological polar surface area (TPSA) is 29.5 Å². The number of benzene rings is 1. The predicted octanol–water partition coefficient (Wildman–Crippen LogP) is 2.07. The standard InChI is InChI=1S/C14H19NO2S/c16-13(6-7-15-8-10-17-11-9-15)12-18-14-4-2-1-3-5-14/h1-5H,6-12H2. The Hall–Kier alpha value is -0.840. The second-order valence-corrected chi connectivity index (χ2v) is 5.39. The highest BCUT2D eigenvalue weighted by Gasteiger charge is 2.11. The number of thioether (sulfide) groups is 1. The van der Waals surface area contributed by atoms with E-state index in [-0.39, 0.29) is 0 Å². The number of hydrogen-bond acceptors (Lipinski definition) is 4. The molecule has 1 aromatic carbocycles. The number of carbonyl (C=O) groups excluding carboxylic acids is 1. The van der Waals surface area contributed by atoms with Crippen molar-refractivity contribution in [3.05, 3.63) is 30.3 Å². The largest absolute Gasteiger partial charge is 0.379 e. The molecule has 0 amide bonds. The molecular weight excluding hydrogens is 246 g/mol. The van der Waals surface area contributed by atoms with Gasteiger partial charge in [0.05, 0.1) is 19.0 Å². The molecule has 0 aliphatic carbocycles. The van der Waals surface area contributed by atoms with Crippen LogP contribution in [0.2, 0.25) is 0 Å². The summed E-state index contributed by atoms with van der Waals surface area (Å²) in [6.07, 6.45) is 0.653. The number of Topliss-reactive ketones (excluding diaryl/α,β-unsaturated/α-hetero) is 1. The van der Waals surface area contributed by atoms with Gasteiger partial charge in [0.15, 0.2) is 0 Å². The number of ketones is 1. The van der Waals surface area contributed by atoms with Gasteiger partial charge in [-0.3, -0.25) is 9.69 Å². The van der Waals surface area contributed by atoms with Crippen LogP contribution in [0.5, 0.6) is 0 Å². The summed E-state index contributed by atoms with van der Waals surface area (Å²) < 4.78 is 5.28. The molecule has 3 nitrogen and oxygen atoms in total. The maximum Gasteiger partial charge on any atom is 0.144 e. The van der Waals surface area contributed by atoms with Crippen LogP contribution in [-0.2, 0) is 9.53 Å². The fraction of sp³-hybridized carbons (Fsp3) is 0.500. The molecule has 1 aromatic rings. The molecule has 2 rings (SSSR count). The maximum atomic E-state index is 11.8. The van der Waals surface area contributed by atoms with Gasteiger partial charge in [-0.1, -0.05) is 18.2 Å². The minimum Gasteiger partial charge on any atom is -0.379 e. The van der Waals surface area contributed by atoms with Gasteiger partial charge in [0, 0.05) is 31.0 Å². The first-order valence-electron chi connectivity index (χ1n) is 6.34. The van der Waals surface area contributed by atoms with E-state index >= 15 is 0 Å². The third kappa shape index (κ3) is 4.80. The highest BCUT2D eigenvalue weighted by Crippen LogP contribution is 2.17. The van der Waals surface area contributed by atoms with Gasteiger partial charge < -0.3 is 4.74 Å². The fourth-order valence-electron chi connectivity index (χ4n) is 1.86. The van der Waals surface area contributed by atoms with Gasteiger partial charge in [-0.05, 0) is 12.1 Å². The second-order valence-electron chi connectivity index (χ2n) is 4.34. The molecule has 1 fully saturated rings. The Balaban J connectivity index is 1.63. The van der Waals surface area contributed by atoms with E-state index in [4.69, 9.17) is 4.74 Å².